The van der Waals surface area contributed by atoms with Crippen LogP contribution < -0.4 is 0 Å². The van der Waals surface area contributed by atoms with E-state index < -0.39 is 18.9 Å². The van der Waals surface area contributed by atoms with Gasteiger partial charge in [-0.25, -0.2) is 4.39 Å². The zero-order valence-corrected chi connectivity index (χ0v) is 6.61. The molecule has 2 heterocycles. The van der Waals surface area contributed by atoms with E-state index in [1.165, 1.54) is 0 Å². The largest absolute Gasteiger partial charge is 0.389 e. The van der Waals surface area contributed by atoms with Gasteiger partial charge in [0.2, 0.25) is 0 Å². The molecule has 0 spiro atoms. The highest BCUT2D eigenvalue weighted by Gasteiger charge is 2.49. The maximum Gasteiger partial charge on any atom is 0.167 e. The van der Waals surface area contributed by atoms with Crippen LogP contribution in [-0.2, 0) is 9.57 Å². The molecule has 2 aliphatic heterocycles. The van der Waals surface area contributed by atoms with Crippen LogP contribution in [0.3, 0.4) is 0 Å². The highest BCUT2D eigenvalue weighted by molar-refractivity contribution is 5.89. The van der Waals surface area contributed by atoms with Gasteiger partial charge in [0.25, 0.3) is 0 Å². The molecule has 0 radical (unpaired) electrons. The van der Waals surface area contributed by atoms with Gasteiger partial charge in [0, 0.05) is 0 Å². The van der Waals surface area contributed by atoms with Gasteiger partial charge in [-0.3, -0.25) is 0 Å². The maximum absolute atomic E-state index is 12.3. The smallest absolute Gasteiger partial charge is 0.167 e. The Labute approximate surface area is 69.0 Å². The highest BCUT2D eigenvalue weighted by Crippen LogP contribution is 2.33. The van der Waals surface area contributed by atoms with Gasteiger partial charge in [-0.05, 0) is 6.92 Å². The molecule has 68 valence electrons. The van der Waals surface area contributed by atoms with E-state index in [-0.39, 0.29) is 17.9 Å². The highest BCUT2D eigenvalue weighted by atomic mass is 19.1. The summed E-state index contributed by atoms with van der Waals surface area (Å²) in [6.45, 7) is 1.08. The summed E-state index contributed by atoms with van der Waals surface area (Å²) < 4.78 is 17.3. The van der Waals surface area contributed by atoms with Crippen LogP contribution in [-0.4, -0.2) is 36.0 Å². The molecule has 4 atom stereocenters. The lowest BCUT2D eigenvalue weighted by molar-refractivity contribution is -0.0997. The third-order valence-electron chi connectivity index (χ3n) is 2.29. The van der Waals surface area contributed by atoms with Crippen molar-refractivity contribution in [2.24, 2.45) is 11.1 Å². The first-order valence-electron chi connectivity index (χ1n) is 3.86. The molecule has 5 heteroatoms. The Morgan fingerprint density at radius 3 is 3.08 bits per heavy atom. The number of nitrogens with zero attached hydrogens (tertiary/aromatic N) is 1. The molecular weight excluding hydrogens is 165 g/mol. The van der Waals surface area contributed by atoms with Crippen molar-refractivity contribution in [3.05, 3.63) is 0 Å². The molecule has 1 unspecified atom stereocenters. The third kappa shape index (κ3) is 0.931. The minimum atomic E-state index is -0.970. The number of aliphatic hydroxyl groups excluding tert-OH is 1. The number of halogens is 1. The van der Waals surface area contributed by atoms with E-state index in [2.05, 4.69) is 5.16 Å². The minimum Gasteiger partial charge on any atom is -0.389 e. The topological polar surface area (TPSA) is 51.0 Å². The Kier molecular flexibility index (Phi) is 1.77. The lowest BCUT2D eigenvalue weighted by atomic mass is 9.97. The molecule has 0 aromatic rings. The van der Waals surface area contributed by atoms with E-state index >= 15 is 0 Å². The number of aliphatic hydroxyl groups is 1. The van der Waals surface area contributed by atoms with Gasteiger partial charge >= 0.3 is 0 Å². The number of ether oxygens (including phenoxy) is 1. The summed E-state index contributed by atoms with van der Waals surface area (Å²) in [6.07, 6.45) is -1.51. The Morgan fingerprint density at radius 2 is 2.42 bits per heavy atom. The van der Waals surface area contributed by atoms with Gasteiger partial charge in [0.15, 0.2) is 12.4 Å². The van der Waals surface area contributed by atoms with Crippen molar-refractivity contribution in [1.29, 1.82) is 0 Å². The number of fused-ring (bicyclic) bond motifs is 1. The fourth-order valence-corrected chi connectivity index (χ4v) is 1.64. The summed E-state index contributed by atoms with van der Waals surface area (Å²) in [5.74, 6) is -0.412. The van der Waals surface area contributed by atoms with Gasteiger partial charge in [-0.15, -0.1) is 0 Å². The second-order valence-corrected chi connectivity index (χ2v) is 3.04. The second-order valence-electron chi connectivity index (χ2n) is 3.04. The van der Waals surface area contributed by atoms with Crippen LogP contribution >= 0.6 is 0 Å². The van der Waals surface area contributed by atoms with Crippen LogP contribution in [0.5, 0.6) is 0 Å². The first-order chi connectivity index (χ1) is 5.74. The molecular formula is C7H10FNO3. The molecule has 2 rings (SSSR count). The summed E-state index contributed by atoms with van der Waals surface area (Å²) in [4.78, 5) is 4.93. The number of hydrogen-bond acceptors (Lipinski definition) is 4. The van der Waals surface area contributed by atoms with Crippen LogP contribution in [0, 0.1) is 5.92 Å². The van der Waals surface area contributed by atoms with E-state index in [9.17, 15) is 9.50 Å². The fraction of sp³-hybridized carbons (Fsp3) is 0.857. The van der Waals surface area contributed by atoms with Crippen LogP contribution in [0.2, 0.25) is 0 Å². The molecule has 0 bridgehead atoms. The summed E-state index contributed by atoms with van der Waals surface area (Å²) >= 11 is 0. The van der Waals surface area contributed by atoms with E-state index in [4.69, 9.17) is 9.57 Å². The van der Waals surface area contributed by atoms with Gasteiger partial charge in [0.05, 0.1) is 12.0 Å². The lowest BCUT2D eigenvalue weighted by Gasteiger charge is -2.08. The minimum absolute atomic E-state index is 0.224. The Bertz CT molecular complexity index is 221. The summed E-state index contributed by atoms with van der Waals surface area (Å²) in [6, 6.07) is 0. The molecule has 2 aliphatic rings. The van der Waals surface area contributed by atoms with Gasteiger partial charge in [-0.2, -0.15) is 0 Å². The lowest BCUT2D eigenvalue weighted by Crippen LogP contribution is -2.29. The van der Waals surface area contributed by atoms with Crippen molar-refractivity contribution in [3.8, 4) is 0 Å². The molecule has 0 aromatic carbocycles. The molecule has 1 N–H and O–H groups in total. The molecule has 0 amide bonds. The second kappa shape index (κ2) is 2.67. The predicted octanol–water partition coefficient (Wildman–Crippen LogP) is 0.0640. The molecule has 0 saturated carbocycles. The van der Waals surface area contributed by atoms with Crippen molar-refractivity contribution >= 4 is 5.71 Å². The SMILES string of the molecule is C[C@H]1OC(O)[C@@H]2C(CF)=NO[C@H]12. The average molecular weight is 175 g/mol. The zero-order chi connectivity index (χ0) is 8.72. The third-order valence-corrected chi connectivity index (χ3v) is 2.29. The van der Waals surface area contributed by atoms with Crippen LogP contribution in [0.15, 0.2) is 5.16 Å². The van der Waals surface area contributed by atoms with Gasteiger partial charge in [0.1, 0.15) is 12.4 Å². The van der Waals surface area contributed by atoms with Crippen molar-refractivity contribution < 1.29 is 19.1 Å². The number of rotatable bonds is 1. The summed E-state index contributed by atoms with van der Waals surface area (Å²) in [7, 11) is 0. The van der Waals surface area contributed by atoms with E-state index in [1.54, 1.807) is 6.92 Å². The van der Waals surface area contributed by atoms with Crippen LogP contribution in [0.1, 0.15) is 6.92 Å². The molecule has 0 aliphatic carbocycles. The fourth-order valence-electron chi connectivity index (χ4n) is 1.64. The van der Waals surface area contributed by atoms with Crippen molar-refractivity contribution in [3.63, 3.8) is 0 Å². The molecule has 1 saturated heterocycles. The number of alkyl halides is 1. The number of oxime groups is 1. The zero-order valence-electron chi connectivity index (χ0n) is 6.61. The van der Waals surface area contributed by atoms with Gasteiger partial charge < -0.3 is 14.7 Å². The molecule has 1 fully saturated rings. The first kappa shape index (κ1) is 7.94. The van der Waals surface area contributed by atoms with Crippen LogP contribution in [0.4, 0.5) is 4.39 Å². The first-order valence-corrected chi connectivity index (χ1v) is 3.86. The van der Waals surface area contributed by atoms with E-state index in [0.717, 1.165) is 0 Å². The Hall–Kier alpha value is -0.680. The molecule has 4 nitrogen and oxygen atoms in total. The Balaban J connectivity index is 2.18. The van der Waals surface area contributed by atoms with Crippen molar-refractivity contribution in [2.75, 3.05) is 6.67 Å². The van der Waals surface area contributed by atoms with Crippen molar-refractivity contribution in [2.45, 2.75) is 25.4 Å². The normalized spacial score (nSPS) is 45.4. The molecule has 0 aromatic heterocycles. The van der Waals surface area contributed by atoms with E-state index in [0.29, 0.717) is 0 Å². The Morgan fingerprint density at radius 1 is 1.67 bits per heavy atom. The summed E-state index contributed by atoms with van der Waals surface area (Å²) in [5, 5.41) is 12.9. The quantitative estimate of drug-likeness (QED) is 0.613. The van der Waals surface area contributed by atoms with Crippen molar-refractivity contribution in [1.82, 2.24) is 0 Å². The molecule has 12 heavy (non-hydrogen) atoms. The summed E-state index contributed by atoms with van der Waals surface area (Å²) in [5.41, 5.74) is 0.247. The van der Waals surface area contributed by atoms with Crippen LogP contribution in [0.25, 0.3) is 0 Å². The average Bonchev–Trinajstić information content (AvgIpc) is 2.55. The maximum atomic E-state index is 12.3. The van der Waals surface area contributed by atoms with E-state index in [1.807, 2.05) is 0 Å². The number of hydrogen-bond donors (Lipinski definition) is 1. The monoisotopic (exact) mass is 175 g/mol. The standard InChI is InChI=1S/C7H10FNO3/c1-3-6-5(7(10)11-3)4(2-8)9-12-6/h3,5-7,10H,2H2,1H3/t3-,5-,6-,7?/m1/s1. The van der Waals surface area contributed by atoms with Gasteiger partial charge in [-0.1, -0.05) is 5.16 Å². The predicted molar refractivity (Wildman–Crippen MR) is 38.3 cm³/mol.